The van der Waals surface area contributed by atoms with Crippen molar-refractivity contribution < 1.29 is 19.4 Å². The van der Waals surface area contributed by atoms with Gasteiger partial charge in [-0.1, -0.05) is 19.1 Å². The highest BCUT2D eigenvalue weighted by Gasteiger charge is 2.06. The van der Waals surface area contributed by atoms with E-state index in [1.807, 2.05) is 19.9 Å². The Balaban J connectivity index is 2.32. The van der Waals surface area contributed by atoms with Gasteiger partial charge in [0.15, 0.2) is 0 Å². The summed E-state index contributed by atoms with van der Waals surface area (Å²) >= 11 is 0. The molecule has 0 heterocycles. The minimum atomic E-state index is -0.946. The Hall–Kier alpha value is -1.88. The topological polar surface area (TPSA) is 75.6 Å². The molecule has 2 N–H and O–H groups in total. The maximum atomic E-state index is 11.5. The van der Waals surface area contributed by atoms with Crippen LogP contribution >= 0.6 is 0 Å². The predicted octanol–water partition coefficient (Wildman–Crippen LogP) is 1.86. The number of nitrogens with one attached hydrogen (secondary N) is 1. The van der Waals surface area contributed by atoms with Gasteiger partial charge in [0, 0.05) is 6.54 Å². The third-order valence-corrected chi connectivity index (χ3v) is 2.98. The molecular formula is C15H21NO4. The zero-order valence-electron chi connectivity index (χ0n) is 11.9. The Kier molecular flexibility index (Phi) is 6.73. The van der Waals surface area contributed by atoms with Crippen molar-refractivity contribution in [3.8, 4) is 0 Å². The normalized spacial score (nSPS) is 11.9. The van der Waals surface area contributed by atoms with E-state index in [2.05, 4.69) is 5.32 Å². The van der Waals surface area contributed by atoms with Crippen molar-refractivity contribution in [3.05, 3.63) is 35.4 Å². The third-order valence-electron chi connectivity index (χ3n) is 2.98. The molecule has 5 nitrogen and oxygen atoms in total. The van der Waals surface area contributed by atoms with Crippen molar-refractivity contribution >= 4 is 11.9 Å². The molecule has 0 aromatic heterocycles. The van der Waals surface area contributed by atoms with Crippen molar-refractivity contribution in [1.29, 1.82) is 0 Å². The van der Waals surface area contributed by atoms with Gasteiger partial charge in [0.25, 0.3) is 0 Å². The van der Waals surface area contributed by atoms with Gasteiger partial charge in [-0.25, -0.2) is 4.79 Å². The lowest BCUT2D eigenvalue weighted by molar-refractivity contribution is -0.127. The van der Waals surface area contributed by atoms with Crippen LogP contribution in [0.4, 0.5) is 0 Å². The summed E-state index contributed by atoms with van der Waals surface area (Å²) in [5.74, 6) is -1.10. The van der Waals surface area contributed by atoms with E-state index in [0.717, 1.165) is 12.0 Å². The van der Waals surface area contributed by atoms with Crippen LogP contribution in [0.1, 0.15) is 36.2 Å². The van der Waals surface area contributed by atoms with E-state index >= 15 is 0 Å². The fourth-order valence-electron chi connectivity index (χ4n) is 1.59. The Morgan fingerprint density at radius 1 is 1.40 bits per heavy atom. The molecular weight excluding hydrogens is 258 g/mol. The quantitative estimate of drug-likeness (QED) is 0.761. The minimum absolute atomic E-state index is 0.0597. The van der Waals surface area contributed by atoms with Crippen LogP contribution in [0.15, 0.2) is 24.3 Å². The van der Waals surface area contributed by atoms with Gasteiger partial charge in [0.05, 0.1) is 11.7 Å². The maximum Gasteiger partial charge on any atom is 0.335 e. The summed E-state index contributed by atoms with van der Waals surface area (Å²) in [6.07, 6.45) is 1.54. The van der Waals surface area contributed by atoms with E-state index in [4.69, 9.17) is 9.84 Å². The molecule has 5 heteroatoms. The summed E-state index contributed by atoms with van der Waals surface area (Å²) in [7, 11) is 0. The molecule has 1 atom stereocenters. The van der Waals surface area contributed by atoms with Crippen LogP contribution in [0.2, 0.25) is 0 Å². The zero-order chi connectivity index (χ0) is 15.0. The Morgan fingerprint density at radius 2 is 2.15 bits per heavy atom. The first kappa shape index (κ1) is 16.2. The van der Waals surface area contributed by atoms with Crippen molar-refractivity contribution in [2.45, 2.75) is 32.8 Å². The summed E-state index contributed by atoms with van der Waals surface area (Å²) in [4.78, 5) is 22.3. The monoisotopic (exact) mass is 279 g/mol. The van der Waals surface area contributed by atoms with Crippen LogP contribution in [0, 0.1) is 0 Å². The van der Waals surface area contributed by atoms with Gasteiger partial charge < -0.3 is 15.2 Å². The van der Waals surface area contributed by atoms with E-state index in [-0.39, 0.29) is 24.2 Å². The highest BCUT2D eigenvalue weighted by Crippen LogP contribution is 2.05. The molecule has 20 heavy (non-hydrogen) atoms. The molecule has 0 bridgehead atoms. The Bertz CT molecular complexity index is 459. The second-order valence-electron chi connectivity index (χ2n) is 4.64. The average molecular weight is 279 g/mol. The van der Waals surface area contributed by atoms with Crippen molar-refractivity contribution in [2.75, 3.05) is 13.2 Å². The molecule has 1 aromatic carbocycles. The van der Waals surface area contributed by atoms with Crippen molar-refractivity contribution in [3.63, 3.8) is 0 Å². The molecule has 1 amide bonds. The Labute approximate surface area is 118 Å². The molecule has 1 rings (SSSR count). The van der Waals surface area contributed by atoms with Gasteiger partial charge in [-0.05, 0) is 37.5 Å². The van der Waals surface area contributed by atoms with Gasteiger partial charge in [-0.15, -0.1) is 0 Å². The van der Waals surface area contributed by atoms with E-state index in [0.29, 0.717) is 13.0 Å². The highest BCUT2D eigenvalue weighted by molar-refractivity contribution is 5.87. The maximum absolute atomic E-state index is 11.5. The molecule has 0 aliphatic heterocycles. The molecule has 0 spiro atoms. The van der Waals surface area contributed by atoms with Crippen LogP contribution in [-0.4, -0.2) is 36.2 Å². The van der Waals surface area contributed by atoms with Gasteiger partial charge in [-0.3, -0.25) is 4.79 Å². The molecule has 0 saturated carbocycles. The van der Waals surface area contributed by atoms with E-state index in [1.54, 1.807) is 18.2 Å². The third kappa shape index (κ3) is 5.84. The number of aromatic carboxylic acids is 1. The van der Waals surface area contributed by atoms with Gasteiger partial charge in [0.2, 0.25) is 5.91 Å². The lowest BCUT2D eigenvalue weighted by Gasteiger charge is -2.10. The molecule has 0 aliphatic carbocycles. The number of amides is 1. The molecule has 0 radical (unpaired) electrons. The minimum Gasteiger partial charge on any atom is -0.478 e. The fourth-order valence-corrected chi connectivity index (χ4v) is 1.59. The number of hydrogen-bond donors (Lipinski definition) is 2. The molecule has 1 unspecified atom stereocenters. The summed E-state index contributed by atoms with van der Waals surface area (Å²) < 4.78 is 5.32. The predicted molar refractivity (Wildman–Crippen MR) is 75.8 cm³/mol. The molecule has 0 saturated heterocycles. The molecule has 0 fully saturated rings. The van der Waals surface area contributed by atoms with Crippen molar-refractivity contribution in [2.24, 2.45) is 0 Å². The SMILES string of the molecule is CCC(C)OCC(=O)NCCc1cccc(C(=O)O)c1. The van der Waals surface area contributed by atoms with Gasteiger partial charge in [-0.2, -0.15) is 0 Å². The molecule has 0 aliphatic rings. The smallest absolute Gasteiger partial charge is 0.335 e. The number of carbonyl (C=O) groups is 2. The number of carboxylic acid groups (broad SMARTS) is 1. The lowest BCUT2D eigenvalue weighted by atomic mass is 10.1. The van der Waals surface area contributed by atoms with Crippen LogP contribution in [0.5, 0.6) is 0 Å². The number of benzene rings is 1. The second kappa shape index (κ2) is 8.32. The lowest BCUT2D eigenvalue weighted by Crippen LogP contribution is -2.30. The summed E-state index contributed by atoms with van der Waals surface area (Å²) in [5, 5.41) is 11.6. The standard InChI is InChI=1S/C15H21NO4/c1-3-11(2)20-10-14(17)16-8-7-12-5-4-6-13(9-12)15(18)19/h4-6,9,11H,3,7-8,10H2,1-2H3,(H,16,17)(H,18,19). The number of carboxylic acids is 1. The Morgan fingerprint density at radius 3 is 2.80 bits per heavy atom. The first-order chi connectivity index (χ1) is 9.52. The van der Waals surface area contributed by atoms with Crippen LogP contribution in [0.3, 0.4) is 0 Å². The molecule has 1 aromatic rings. The number of carbonyl (C=O) groups excluding carboxylic acids is 1. The first-order valence-electron chi connectivity index (χ1n) is 6.73. The van der Waals surface area contributed by atoms with E-state index in [1.165, 1.54) is 0 Å². The summed E-state index contributed by atoms with van der Waals surface area (Å²) in [5.41, 5.74) is 1.14. The molecule has 110 valence electrons. The number of hydrogen-bond acceptors (Lipinski definition) is 3. The fraction of sp³-hybridized carbons (Fsp3) is 0.467. The van der Waals surface area contributed by atoms with Crippen LogP contribution < -0.4 is 5.32 Å². The highest BCUT2D eigenvalue weighted by atomic mass is 16.5. The van der Waals surface area contributed by atoms with E-state index < -0.39 is 5.97 Å². The first-order valence-corrected chi connectivity index (χ1v) is 6.73. The number of rotatable bonds is 8. The largest absolute Gasteiger partial charge is 0.478 e. The summed E-state index contributed by atoms with van der Waals surface area (Å²) in [6.45, 7) is 4.44. The van der Waals surface area contributed by atoms with Gasteiger partial charge in [0.1, 0.15) is 6.61 Å². The summed E-state index contributed by atoms with van der Waals surface area (Å²) in [6, 6.07) is 6.70. The van der Waals surface area contributed by atoms with Crippen LogP contribution in [0.25, 0.3) is 0 Å². The average Bonchev–Trinajstić information content (AvgIpc) is 2.45. The second-order valence-corrected chi connectivity index (χ2v) is 4.64. The van der Waals surface area contributed by atoms with E-state index in [9.17, 15) is 9.59 Å². The van der Waals surface area contributed by atoms with Gasteiger partial charge >= 0.3 is 5.97 Å². The van der Waals surface area contributed by atoms with Crippen molar-refractivity contribution in [1.82, 2.24) is 5.32 Å². The number of ether oxygens (including phenoxy) is 1. The zero-order valence-corrected chi connectivity index (χ0v) is 11.9. The van der Waals surface area contributed by atoms with Crippen LogP contribution in [-0.2, 0) is 16.0 Å².